The Morgan fingerprint density at radius 3 is 2.73 bits per heavy atom. The largest absolute Gasteiger partial charge is 0.449 e. The molecule has 0 aliphatic heterocycles. The number of nitrogens with one attached hydrogen (secondary N) is 1. The van der Waals surface area contributed by atoms with Gasteiger partial charge in [0.05, 0.1) is 0 Å². The summed E-state index contributed by atoms with van der Waals surface area (Å²) in [5, 5.41) is 11.1. The maximum absolute atomic E-state index is 11.9. The van der Waals surface area contributed by atoms with Crippen molar-refractivity contribution in [3.63, 3.8) is 0 Å². The third-order valence-corrected chi connectivity index (χ3v) is 3.04. The predicted octanol–water partition coefficient (Wildman–Crippen LogP) is 2.14. The number of aryl methyl sites for hydroxylation is 1. The molecule has 0 radical (unpaired) electrons. The summed E-state index contributed by atoms with van der Waals surface area (Å²) in [6, 6.07) is 10.7. The number of rotatable bonds is 9. The summed E-state index contributed by atoms with van der Waals surface area (Å²) in [6.45, 7) is 3.24. The molecule has 0 aromatic heterocycles. The zero-order valence-electron chi connectivity index (χ0n) is 12.5. The topological polar surface area (TPSA) is 79.2 Å². The van der Waals surface area contributed by atoms with E-state index in [0.29, 0.717) is 19.3 Å². The number of hydrogen-bond donors (Lipinski definition) is 1. The Morgan fingerprint density at radius 1 is 1.36 bits per heavy atom. The van der Waals surface area contributed by atoms with Crippen LogP contribution in [0.1, 0.15) is 24.8 Å². The summed E-state index contributed by atoms with van der Waals surface area (Å²) < 4.78 is 4.81. The van der Waals surface area contributed by atoms with Gasteiger partial charge in [0.2, 0.25) is 5.91 Å². The zero-order chi connectivity index (χ0) is 16.2. The second-order valence-electron chi connectivity index (χ2n) is 4.74. The Labute approximate surface area is 130 Å². The van der Waals surface area contributed by atoms with E-state index in [4.69, 9.17) is 10.00 Å². The highest BCUT2D eigenvalue weighted by molar-refractivity contribution is 5.84. The summed E-state index contributed by atoms with van der Waals surface area (Å²) in [7, 11) is 0. The van der Waals surface area contributed by atoms with Gasteiger partial charge in [0.25, 0.3) is 0 Å². The molecule has 0 saturated heterocycles. The number of hydrogen-bond acceptors (Lipinski definition) is 4. The van der Waals surface area contributed by atoms with Crippen molar-refractivity contribution in [2.75, 3.05) is 6.61 Å². The van der Waals surface area contributed by atoms with Crippen LogP contribution in [0.25, 0.3) is 0 Å². The molecule has 1 rings (SSSR count). The van der Waals surface area contributed by atoms with E-state index in [1.54, 1.807) is 12.1 Å². The van der Waals surface area contributed by atoms with Gasteiger partial charge < -0.3 is 10.1 Å². The molecule has 1 unspecified atom stereocenters. The highest BCUT2D eigenvalue weighted by atomic mass is 16.5. The van der Waals surface area contributed by atoms with Crippen molar-refractivity contribution in [1.82, 2.24) is 5.32 Å². The highest BCUT2D eigenvalue weighted by Gasteiger charge is 2.21. The van der Waals surface area contributed by atoms with Crippen LogP contribution >= 0.6 is 0 Å². The van der Waals surface area contributed by atoms with Crippen LogP contribution in [0.5, 0.6) is 0 Å². The third kappa shape index (κ3) is 6.71. The van der Waals surface area contributed by atoms with Gasteiger partial charge in [-0.05, 0) is 24.8 Å². The maximum Gasteiger partial charge on any atom is 0.329 e. The molecule has 22 heavy (non-hydrogen) atoms. The molecule has 116 valence electrons. The molecule has 1 amide bonds. The quantitative estimate of drug-likeness (QED) is 0.560. The number of carbonyl (C=O) groups excluding carboxylic acids is 2. The molecular formula is C17H20N2O3. The summed E-state index contributed by atoms with van der Waals surface area (Å²) in [4.78, 5) is 23.7. The SMILES string of the molecule is C=CCCC(=O)NC(CCc1ccccc1)C(=O)OCC#N. The van der Waals surface area contributed by atoms with Gasteiger partial charge >= 0.3 is 5.97 Å². The number of amides is 1. The van der Waals surface area contributed by atoms with Crippen LogP contribution in [-0.4, -0.2) is 24.5 Å². The average molecular weight is 300 g/mol. The lowest BCUT2D eigenvalue weighted by molar-refractivity contribution is -0.146. The third-order valence-electron chi connectivity index (χ3n) is 3.04. The lowest BCUT2D eigenvalue weighted by Crippen LogP contribution is -2.42. The number of ether oxygens (including phenoxy) is 1. The molecule has 5 nitrogen and oxygen atoms in total. The fraction of sp³-hybridized carbons (Fsp3) is 0.353. The number of nitriles is 1. The summed E-state index contributed by atoms with van der Waals surface area (Å²) >= 11 is 0. The van der Waals surface area contributed by atoms with Crippen LogP contribution in [-0.2, 0) is 20.7 Å². The molecule has 1 aromatic carbocycles. The monoisotopic (exact) mass is 300 g/mol. The minimum atomic E-state index is -0.745. The number of nitrogens with zero attached hydrogens (tertiary/aromatic N) is 1. The minimum absolute atomic E-state index is 0.230. The Morgan fingerprint density at radius 2 is 2.09 bits per heavy atom. The van der Waals surface area contributed by atoms with Gasteiger partial charge in [-0.2, -0.15) is 5.26 Å². The van der Waals surface area contributed by atoms with Crippen molar-refractivity contribution in [1.29, 1.82) is 5.26 Å². The number of benzene rings is 1. The summed E-state index contributed by atoms with van der Waals surface area (Å²) in [5.41, 5.74) is 1.07. The van der Waals surface area contributed by atoms with Crippen LogP contribution in [0.4, 0.5) is 0 Å². The molecule has 0 bridgehead atoms. The first-order chi connectivity index (χ1) is 10.7. The van der Waals surface area contributed by atoms with Crippen molar-refractivity contribution < 1.29 is 14.3 Å². The fourth-order valence-electron chi connectivity index (χ4n) is 1.91. The maximum atomic E-state index is 11.9. The van der Waals surface area contributed by atoms with Gasteiger partial charge in [-0.3, -0.25) is 4.79 Å². The lowest BCUT2D eigenvalue weighted by Gasteiger charge is -2.16. The predicted molar refractivity (Wildman–Crippen MR) is 82.7 cm³/mol. The van der Waals surface area contributed by atoms with E-state index in [1.807, 2.05) is 30.3 Å². The molecule has 0 aliphatic carbocycles. The molecule has 0 aliphatic rings. The van der Waals surface area contributed by atoms with Crippen molar-refractivity contribution in [3.8, 4) is 6.07 Å². The van der Waals surface area contributed by atoms with Crippen LogP contribution in [0.15, 0.2) is 43.0 Å². The lowest BCUT2D eigenvalue weighted by atomic mass is 10.0. The molecule has 0 heterocycles. The summed E-state index contributed by atoms with van der Waals surface area (Å²) in [6.07, 6.45) is 3.52. The van der Waals surface area contributed by atoms with E-state index in [0.717, 1.165) is 5.56 Å². The minimum Gasteiger partial charge on any atom is -0.449 e. The van der Waals surface area contributed by atoms with Gasteiger partial charge in [0, 0.05) is 6.42 Å². The highest BCUT2D eigenvalue weighted by Crippen LogP contribution is 2.07. The van der Waals surface area contributed by atoms with E-state index in [9.17, 15) is 9.59 Å². The van der Waals surface area contributed by atoms with Gasteiger partial charge in [0.1, 0.15) is 12.1 Å². The second kappa shape index (κ2) is 10.2. The molecule has 0 saturated carbocycles. The molecular weight excluding hydrogens is 280 g/mol. The first-order valence-electron chi connectivity index (χ1n) is 7.15. The van der Waals surface area contributed by atoms with Gasteiger partial charge in [-0.1, -0.05) is 36.4 Å². The van der Waals surface area contributed by atoms with Gasteiger partial charge in [-0.25, -0.2) is 4.79 Å². The normalized spacial score (nSPS) is 11.0. The van der Waals surface area contributed by atoms with Crippen LogP contribution in [0.3, 0.4) is 0 Å². The molecule has 1 aromatic rings. The number of esters is 1. The number of allylic oxidation sites excluding steroid dienone is 1. The standard InChI is InChI=1S/C17H20N2O3/c1-2-3-9-16(20)19-15(17(21)22-13-12-18)11-10-14-7-5-4-6-8-14/h2,4-8,15H,1,3,9-11,13H2,(H,19,20). The van der Waals surface area contributed by atoms with Crippen LogP contribution in [0.2, 0.25) is 0 Å². The Bertz CT molecular complexity index is 535. The molecule has 0 spiro atoms. The molecule has 0 fully saturated rings. The van der Waals surface area contributed by atoms with Crippen molar-refractivity contribution >= 4 is 11.9 Å². The van der Waals surface area contributed by atoms with Crippen LogP contribution in [0, 0.1) is 11.3 Å². The smallest absolute Gasteiger partial charge is 0.329 e. The first-order valence-corrected chi connectivity index (χ1v) is 7.15. The summed E-state index contributed by atoms with van der Waals surface area (Å²) in [5.74, 6) is -0.809. The number of carbonyl (C=O) groups is 2. The van der Waals surface area contributed by atoms with Gasteiger partial charge in [-0.15, -0.1) is 6.58 Å². The van der Waals surface area contributed by atoms with Gasteiger partial charge in [0.15, 0.2) is 6.61 Å². The van der Waals surface area contributed by atoms with Crippen molar-refractivity contribution in [2.45, 2.75) is 31.7 Å². The molecule has 1 atom stereocenters. The fourth-order valence-corrected chi connectivity index (χ4v) is 1.91. The Balaban J connectivity index is 2.60. The molecule has 1 N–H and O–H groups in total. The average Bonchev–Trinajstić information content (AvgIpc) is 2.55. The molecule has 5 heteroatoms. The van der Waals surface area contributed by atoms with E-state index in [2.05, 4.69) is 11.9 Å². The Hall–Kier alpha value is -2.61. The zero-order valence-corrected chi connectivity index (χ0v) is 12.5. The first kappa shape index (κ1) is 17.4. The Kier molecular flexibility index (Phi) is 8.06. The van der Waals surface area contributed by atoms with E-state index < -0.39 is 12.0 Å². The second-order valence-corrected chi connectivity index (χ2v) is 4.74. The van der Waals surface area contributed by atoms with E-state index >= 15 is 0 Å². The van der Waals surface area contributed by atoms with E-state index in [1.165, 1.54) is 0 Å². The van der Waals surface area contributed by atoms with Crippen molar-refractivity contribution in [2.24, 2.45) is 0 Å². The van der Waals surface area contributed by atoms with E-state index in [-0.39, 0.29) is 18.9 Å². The van der Waals surface area contributed by atoms with Crippen LogP contribution < -0.4 is 5.32 Å². The van der Waals surface area contributed by atoms with Crippen molar-refractivity contribution in [3.05, 3.63) is 48.6 Å².